The van der Waals surface area contributed by atoms with Crippen molar-refractivity contribution in [1.82, 2.24) is 4.57 Å². The van der Waals surface area contributed by atoms with E-state index in [1.165, 1.54) is 23.8 Å². The van der Waals surface area contributed by atoms with Crippen LogP contribution in [0.2, 0.25) is 0 Å². The van der Waals surface area contributed by atoms with Crippen LogP contribution < -0.4 is 24.4 Å². The van der Waals surface area contributed by atoms with E-state index in [4.69, 9.17) is 14.2 Å². The number of fused-ring (bicyclic) bond motifs is 1. The highest BCUT2D eigenvalue weighted by molar-refractivity contribution is 7.07. The first-order valence-electron chi connectivity index (χ1n) is 11.9. The van der Waals surface area contributed by atoms with Gasteiger partial charge in [-0.05, 0) is 63.1 Å². The van der Waals surface area contributed by atoms with Crippen molar-refractivity contribution in [1.29, 1.82) is 0 Å². The van der Waals surface area contributed by atoms with E-state index in [1.54, 1.807) is 57.2 Å². The van der Waals surface area contributed by atoms with Crippen molar-refractivity contribution < 1.29 is 23.9 Å². The second-order valence-corrected chi connectivity index (χ2v) is 9.74. The Kier molecular flexibility index (Phi) is 7.77. The minimum atomic E-state index is -0.777. The van der Waals surface area contributed by atoms with Gasteiger partial charge in [0.25, 0.3) is 5.56 Å². The van der Waals surface area contributed by atoms with E-state index < -0.39 is 16.9 Å². The lowest BCUT2D eigenvalue weighted by Crippen LogP contribution is -2.40. The molecule has 0 unspecified atom stereocenters. The molecule has 2 heterocycles. The van der Waals surface area contributed by atoms with Crippen LogP contribution in [-0.2, 0) is 9.53 Å². The van der Waals surface area contributed by atoms with Gasteiger partial charge in [-0.15, -0.1) is 0 Å². The van der Waals surface area contributed by atoms with Crippen molar-refractivity contribution in [3.8, 4) is 11.5 Å². The van der Waals surface area contributed by atoms with Gasteiger partial charge < -0.3 is 14.2 Å². The Labute approximate surface area is 222 Å². The SMILES string of the molecule is CCOc1ccc([C@@H]2C(C(=O)OC(C)C)=C(C)N=c3s/c(=C/c4ccc(OC)c([N+](=O)[O-])c4)c(=O)n32)cc1. The van der Waals surface area contributed by atoms with Crippen LogP contribution in [-0.4, -0.2) is 35.3 Å². The molecule has 1 aliphatic heterocycles. The van der Waals surface area contributed by atoms with Gasteiger partial charge in [-0.25, -0.2) is 9.79 Å². The van der Waals surface area contributed by atoms with Crippen molar-refractivity contribution in [2.24, 2.45) is 4.99 Å². The molecule has 1 atom stereocenters. The van der Waals surface area contributed by atoms with Gasteiger partial charge in [-0.3, -0.25) is 19.5 Å². The second-order valence-electron chi connectivity index (χ2n) is 8.73. The lowest BCUT2D eigenvalue weighted by molar-refractivity contribution is -0.385. The predicted molar refractivity (Wildman–Crippen MR) is 142 cm³/mol. The van der Waals surface area contributed by atoms with E-state index in [0.29, 0.717) is 38.5 Å². The van der Waals surface area contributed by atoms with Crippen LogP contribution in [0.25, 0.3) is 6.08 Å². The van der Waals surface area contributed by atoms with Gasteiger partial charge in [0.2, 0.25) is 0 Å². The molecule has 4 rings (SSSR count). The molecule has 0 aliphatic carbocycles. The molecule has 0 amide bonds. The lowest BCUT2D eigenvalue weighted by atomic mass is 9.96. The number of nitrogens with zero attached hydrogens (tertiary/aromatic N) is 3. The summed E-state index contributed by atoms with van der Waals surface area (Å²) in [6, 6.07) is 10.9. The zero-order valence-electron chi connectivity index (χ0n) is 21.6. The normalized spacial score (nSPS) is 15.2. The van der Waals surface area contributed by atoms with E-state index >= 15 is 0 Å². The first kappa shape index (κ1) is 26.8. The second kappa shape index (κ2) is 11.0. The molecule has 0 N–H and O–H groups in total. The number of carbonyl (C=O) groups is 1. The Morgan fingerprint density at radius 1 is 1.24 bits per heavy atom. The quantitative estimate of drug-likeness (QED) is 0.245. The number of carbonyl (C=O) groups excluding carboxylic acids is 1. The summed E-state index contributed by atoms with van der Waals surface area (Å²) in [5.41, 5.74) is 1.26. The summed E-state index contributed by atoms with van der Waals surface area (Å²) < 4.78 is 17.9. The van der Waals surface area contributed by atoms with Crippen molar-refractivity contribution >= 4 is 29.1 Å². The average Bonchev–Trinajstić information content (AvgIpc) is 3.17. The molecule has 11 heteroatoms. The van der Waals surface area contributed by atoms with Crippen LogP contribution in [0.5, 0.6) is 11.5 Å². The maximum atomic E-state index is 13.7. The van der Waals surface area contributed by atoms with Crippen molar-refractivity contribution in [3.05, 3.63) is 94.7 Å². The molecule has 0 fully saturated rings. The molecular weight excluding hydrogens is 510 g/mol. The molecular formula is C27H27N3O7S. The van der Waals surface area contributed by atoms with Gasteiger partial charge in [0.1, 0.15) is 5.75 Å². The number of hydrogen-bond acceptors (Lipinski definition) is 9. The van der Waals surface area contributed by atoms with Crippen LogP contribution in [0.3, 0.4) is 0 Å². The third kappa shape index (κ3) is 5.23. The van der Waals surface area contributed by atoms with E-state index in [9.17, 15) is 19.7 Å². The van der Waals surface area contributed by atoms with Gasteiger partial charge >= 0.3 is 11.7 Å². The van der Waals surface area contributed by atoms with Crippen LogP contribution in [0.4, 0.5) is 5.69 Å². The molecule has 198 valence electrons. The van der Waals surface area contributed by atoms with E-state index in [2.05, 4.69) is 4.99 Å². The number of thiazole rings is 1. The minimum Gasteiger partial charge on any atom is -0.494 e. The number of allylic oxidation sites excluding steroid dienone is 1. The fourth-order valence-corrected chi connectivity index (χ4v) is 5.23. The van der Waals surface area contributed by atoms with Gasteiger partial charge in [0.05, 0.1) is 46.6 Å². The summed E-state index contributed by atoms with van der Waals surface area (Å²) in [5, 5.41) is 11.5. The third-order valence-corrected chi connectivity index (χ3v) is 6.77. The van der Waals surface area contributed by atoms with Crippen molar-refractivity contribution in [2.75, 3.05) is 13.7 Å². The van der Waals surface area contributed by atoms with Gasteiger partial charge in [-0.2, -0.15) is 0 Å². The monoisotopic (exact) mass is 537 g/mol. The van der Waals surface area contributed by atoms with Crippen LogP contribution in [0.15, 0.2) is 63.5 Å². The zero-order valence-corrected chi connectivity index (χ0v) is 22.4. The number of nitro benzene ring substituents is 1. The predicted octanol–water partition coefficient (Wildman–Crippen LogP) is 3.50. The summed E-state index contributed by atoms with van der Waals surface area (Å²) >= 11 is 1.14. The number of rotatable bonds is 8. The van der Waals surface area contributed by atoms with E-state index in [0.717, 1.165) is 11.3 Å². The maximum absolute atomic E-state index is 13.7. The summed E-state index contributed by atoms with van der Waals surface area (Å²) in [4.78, 5) is 42.8. The lowest BCUT2D eigenvalue weighted by Gasteiger charge is -2.25. The smallest absolute Gasteiger partial charge is 0.338 e. The summed E-state index contributed by atoms with van der Waals surface area (Å²) in [6.45, 7) is 7.60. The molecule has 0 saturated carbocycles. The van der Waals surface area contributed by atoms with E-state index in [-0.39, 0.29) is 28.7 Å². The van der Waals surface area contributed by atoms with Crippen LogP contribution in [0.1, 0.15) is 44.9 Å². The van der Waals surface area contributed by atoms with Gasteiger partial charge in [-0.1, -0.05) is 29.5 Å². The summed E-state index contributed by atoms with van der Waals surface area (Å²) in [6.07, 6.45) is 1.20. The van der Waals surface area contributed by atoms with Crippen LogP contribution in [0, 0.1) is 10.1 Å². The summed E-state index contributed by atoms with van der Waals surface area (Å²) in [5.74, 6) is 0.227. The maximum Gasteiger partial charge on any atom is 0.338 e. The summed E-state index contributed by atoms with van der Waals surface area (Å²) in [7, 11) is 1.35. The van der Waals surface area contributed by atoms with Crippen molar-refractivity contribution in [2.45, 2.75) is 39.8 Å². The van der Waals surface area contributed by atoms with E-state index in [1.807, 2.05) is 6.92 Å². The zero-order chi connectivity index (χ0) is 27.6. The number of ether oxygens (including phenoxy) is 3. The number of methoxy groups -OCH3 is 1. The number of hydrogen-bond donors (Lipinski definition) is 0. The first-order valence-corrected chi connectivity index (χ1v) is 12.7. The van der Waals surface area contributed by atoms with Crippen molar-refractivity contribution in [3.63, 3.8) is 0 Å². The third-order valence-electron chi connectivity index (χ3n) is 5.79. The minimum absolute atomic E-state index is 0.119. The van der Waals surface area contributed by atoms with Gasteiger partial charge in [0.15, 0.2) is 10.6 Å². The Hall–Kier alpha value is -4.25. The number of esters is 1. The molecule has 0 bridgehead atoms. The largest absolute Gasteiger partial charge is 0.494 e. The highest BCUT2D eigenvalue weighted by Crippen LogP contribution is 2.32. The molecule has 1 aromatic heterocycles. The highest BCUT2D eigenvalue weighted by atomic mass is 32.1. The first-order chi connectivity index (χ1) is 18.1. The Morgan fingerprint density at radius 3 is 2.55 bits per heavy atom. The molecule has 2 aromatic carbocycles. The molecule has 1 aliphatic rings. The fourth-order valence-electron chi connectivity index (χ4n) is 4.18. The Morgan fingerprint density at radius 2 is 1.95 bits per heavy atom. The number of nitro groups is 1. The molecule has 0 spiro atoms. The fraction of sp³-hybridized carbons (Fsp3) is 0.296. The van der Waals surface area contributed by atoms with Gasteiger partial charge in [0, 0.05) is 6.07 Å². The number of aromatic nitrogens is 1. The molecule has 38 heavy (non-hydrogen) atoms. The molecule has 0 saturated heterocycles. The number of benzene rings is 2. The Balaban J connectivity index is 1.91. The molecule has 0 radical (unpaired) electrons. The molecule has 3 aromatic rings. The standard InChI is InChI=1S/C27H27N3O7S/c1-6-36-19-10-8-18(9-11-19)24-23(26(32)37-15(2)3)16(4)28-27-29(24)25(31)22(38-27)14-17-7-12-21(35-5)20(13-17)30(33)34/h7-15,24H,6H2,1-5H3/b22-14+/t24-/m1/s1. The van der Waals surface area contributed by atoms with Crippen LogP contribution >= 0.6 is 11.3 Å². The topological polar surface area (TPSA) is 122 Å². The highest BCUT2D eigenvalue weighted by Gasteiger charge is 2.33. The Bertz CT molecular complexity index is 1600. The average molecular weight is 538 g/mol. The molecule has 10 nitrogen and oxygen atoms in total.